The van der Waals surface area contributed by atoms with Crippen LogP contribution in [0.5, 0.6) is 0 Å². The number of anilines is 1. The van der Waals surface area contributed by atoms with Crippen LogP contribution in [0.4, 0.5) is 5.69 Å². The summed E-state index contributed by atoms with van der Waals surface area (Å²) < 4.78 is 1.87. The maximum atomic E-state index is 12.6. The molecule has 2 aromatic rings. The molecule has 2 heterocycles. The van der Waals surface area contributed by atoms with Gasteiger partial charge in [0, 0.05) is 45.4 Å². The van der Waals surface area contributed by atoms with Crippen LogP contribution in [0.1, 0.15) is 23.2 Å². The fourth-order valence-corrected chi connectivity index (χ4v) is 3.29. The van der Waals surface area contributed by atoms with E-state index in [1.54, 1.807) is 24.7 Å². The average molecular weight is 329 g/mol. The van der Waals surface area contributed by atoms with Gasteiger partial charge in [-0.2, -0.15) is 5.10 Å². The van der Waals surface area contributed by atoms with Crippen molar-refractivity contribution >= 4 is 11.6 Å². The zero-order valence-electron chi connectivity index (χ0n) is 14.0. The highest BCUT2D eigenvalue weighted by Gasteiger charge is 2.34. The third kappa shape index (κ3) is 3.56. The first-order valence-electron chi connectivity index (χ1n) is 8.12. The molecule has 1 aliphatic rings. The van der Waals surface area contributed by atoms with E-state index in [0.717, 1.165) is 18.7 Å². The number of rotatable bonds is 5. The summed E-state index contributed by atoms with van der Waals surface area (Å²) in [4.78, 5) is 18.5. The van der Waals surface area contributed by atoms with Crippen LogP contribution in [0.15, 0.2) is 36.9 Å². The minimum atomic E-state index is -0.533. The Morgan fingerprint density at radius 3 is 2.96 bits per heavy atom. The summed E-state index contributed by atoms with van der Waals surface area (Å²) in [5, 5.41) is 17.5. The van der Waals surface area contributed by atoms with Crippen molar-refractivity contribution in [2.45, 2.75) is 31.5 Å². The predicted molar refractivity (Wildman–Crippen MR) is 90.8 cm³/mol. The first-order chi connectivity index (χ1) is 11.5. The van der Waals surface area contributed by atoms with E-state index in [0.29, 0.717) is 17.9 Å². The van der Waals surface area contributed by atoms with E-state index in [4.69, 9.17) is 0 Å². The molecular weight excluding hydrogens is 306 g/mol. The van der Waals surface area contributed by atoms with Gasteiger partial charge in [0.2, 0.25) is 0 Å². The number of nitrogens with zero attached hydrogens (tertiary/aromatic N) is 4. The van der Waals surface area contributed by atoms with Crippen molar-refractivity contribution < 1.29 is 9.90 Å². The highest BCUT2D eigenvalue weighted by molar-refractivity contribution is 5.99. The van der Waals surface area contributed by atoms with Crippen molar-refractivity contribution in [3.63, 3.8) is 0 Å². The van der Waals surface area contributed by atoms with Gasteiger partial charge in [0.05, 0.1) is 23.4 Å². The fourth-order valence-electron chi connectivity index (χ4n) is 3.29. The fraction of sp³-hybridized carbons (Fsp3) is 0.471. The standard InChI is InChI=1S/C17H23N5O2/c1-21(2)15-4-6-18-10-13(15)17(24)20-14-8-12(9-16(14)23)11-22-7-3-5-19-22/h3-7,10,12,14,16,23H,8-9,11H2,1-2H3,(H,20,24)/t12?,14-,16-/m1/s1. The van der Waals surface area contributed by atoms with Crippen LogP contribution in [0.25, 0.3) is 0 Å². The number of nitrogens with one attached hydrogen (secondary N) is 1. The van der Waals surface area contributed by atoms with E-state index in [1.165, 1.54) is 0 Å². The Morgan fingerprint density at radius 2 is 2.25 bits per heavy atom. The SMILES string of the molecule is CN(C)c1ccncc1C(=O)N[C@@H]1CC(Cn2cccn2)C[C@H]1O. The molecule has 7 heteroatoms. The second kappa shape index (κ2) is 7.00. The lowest BCUT2D eigenvalue weighted by Gasteiger charge is -2.20. The van der Waals surface area contributed by atoms with Gasteiger partial charge in [-0.15, -0.1) is 0 Å². The number of hydrogen-bond donors (Lipinski definition) is 2. The van der Waals surface area contributed by atoms with E-state index in [2.05, 4.69) is 15.4 Å². The number of hydrogen-bond acceptors (Lipinski definition) is 5. The van der Waals surface area contributed by atoms with Crippen molar-refractivity contribution in [2.75, 3.05) is 19.0 Å². The number of aliphatic hydroxyl groups is 1. The molecule has 0 aromatic carbocycles. The minimum absolute atomic E-state index is 0.199. The molecule has 3 rings (SSSR count). The number of pyridine rings is 1. The van der Waals surface area contributed by atoms with Crippen molar-refractivity contribution in [3.8, 4) is 0 Å². The largest absolute Gasteiger partial charge is 0.391 e. The van der Waals surface area contributed by atoms with Gasteiger partial charge in [0.1, 0.15) is 0 Å². The van der Waals surface area contributed by atoms with Crippen LogP contribution in [-0.2, 0) is 6.54 Å². The molecule has 1 fully saturated rings. The third-order valence-corrected chi connectivity index (χ3v) is 4.47. The molecule has 24 heavy (non-hydrogen) atoms. The Kier molecular flexibility index (Phi) is 4.80. The maximum Gasteiger partial charge on any atom is 0.255 e. The molecule has 128 valence electrons. The lowest BCUT2D eigenvalue weighted by molar-refractivity contribution is 0.0873. The van der Waals surface area contributed by atoms with E-state index in [1.807, 2.05) is 35.9 Å². The predicted octanol–water partition coefficient (Wildman–Crippen LogP) is 0.914. The lowest BCUT2D eigenvalue weighted by atomic mass is 10.1. The molecule has 2 aromatic heterocycles. The second-order valence-corrected chi connectivity index (χ2v) is 6.50. The van der Waals surface area contributed by atoms with Crippen LogP contribution in [-0.4, -0.2) is 52.0 Å². The smallest absolute Gasteiger partial charge is 0.255 e. The van der Waals surface area contributed by atoms with Crippen LogP contribution in [0.3, 0.4) is 0 Å². The zero-order chi connectivity index (χ0) is 17.1. The van der Waals surface area contributed by atoms with Crippen molar-refractivity contribution in [1.82, 2.24) is 20.1 Å². The Morgan fingerprint density at radius 1 is 1.42 bits per heavy atom. The summed E-state index contributed by atoms with van der Waals surface area (Å²) in [5.74, 6) is 0.100. The Labute approximate surface area is 141 Å². The Balaban J connectivity index is 1.64. The number of carbonyl (C=O) groups excluding carboxylic acids is 1. The molecule has 0 bridgehead atoms. The van der Waals surface area contributed by atoms with Gasteiger partial charge in [-0.05, 0) is 30.9 Å². The number of aromatic nitrogens is 3. The first kappa shape index (κ1) is 16.4. The van der Waals surface area contributed by atoms with Crippen LogP contribution in [0.2, 0.25) is 0 Å². The molecule has 0 aliphatic heterocycles. The third-order valence-electron chi connectivity index (χ3n) is 4.47. The van der Waals surface area contributed by atoms with Crippen molar-refractivity contribution in [3.05, 3.63) is 42.5 Å². The monoisotopic (exact) mass is 329 g/mol. The number of carbonyl (C=O) groups is 1. The van der Waals surface area contributed by atoms with Gasteiger partial charge in [0.25, 0.3) is 5.91 Å². The molecule has 1 saturated carbocycles. The summed E-state index contributed by atoms with van der Waals surface area (Å²) in [6, 6.07) is 3.45. The summed E-state index contributed by atoms with van der Waals surface area (Å²) in [6.07, 6.45) is 7.76. The Hall–Kier alpha value is -2.41. The average Bonchev–Trinajstić information content (AvgIpc) is 3.18. The van der Waals surface area contributed by atoms with Gasteiger partial charge in [-0.1, -0.05) is 0 Å². The molecule has 0 radical (unpaired) electrons. The van der Waals surface area contributed by atoms with E-state index in [-0.39, 0.29) is 11.9 Å². The molecule has 1 amide bonds. The van der Waals surface area contributed by atoms with Gasteiger partial charge in [0.15, 0.2) is 0 Å². The molecule has 2 N–H and O–H groups in total. The van der Waals surface area contributed by atoms with Gasteiger partial charge < -0.3 is 15.3 Å². The summed E-state index contributed by atoms with van der Waals surface area (Å²) in [6.45, 7) is 0.756. The highest BCUT2D eigenvalue weighted by Crippen LogP contribution is 2.28. The molecule has 1 unspecified atom stereocenters. The van der Waals surface area contributed by atoms with Crippen LogP contribution < -0.4 is 10.2 Å². The maximum absolute atomic E-state index is 12.6. The first-order valence-corrected chi connectivity index (χ1v) is 8.12. The van der Waals surface area contributed by atoms with Crippen LogP contribution >= 0.6 is 0 Å². The molecule has 1 aliphatic carbocycles. The van der Waals surface area contributed by atoms with Crippen molar-refractivity contribution in [1.29, 1.82) is 0 Å². The molecular formula is C17H23N5O2. The number of aliphatic hydroxyl groups excluding tert-OH is 1. The molecule has 7 nitrogen and oxygen atoms in total. The molecule has 0 spiro atoms. The highest BCUT2D eigenvalue weighted by atomic mass is 16.3. The van der Waals surface area contributed by atoms with Gasteiger partial charge in [-0.25, -0.2) is 0 Å². The van der Waals surface area contributed by atoms with Gasteiger partial charge >= 0.3 is 0 Å². The summed E-state index contributed by atoms with van der Waals surface area (Å²) in [5.41, 5.74) is 1.33. The molecule has 3 atom stereocenters. The Bertz CT molecular complexity index is 686. The van der Waals surface area contributed by atoms with Crippen molar-refractivity contribution in [2.24, 2.45) is 5.92 Å². The zero-order valence-corrected chi connectivity index (χ0v) is 14.0. The van der Waals surface area contributed by atoms with E-state index >= 15 is 0 Å². The normalized spacial score (nSPS) is 23.2. The summed E-state index contributed by atoms with van der Waals surface area (Å²) >= 11 is 0. The summed E-state index contributed by atoms with van der Waals surface area (Å²) in [7, 11) is 3.77. The van der Waals surface area contributed by atoms with E-state index in [9.17, 15) is 9.90 Å². The number of amides is 1. The van der Waals surface area contributed by atoms with Gasteiger partial charge in [-0.3, -0.25) is 14.5 Å². The minimum Gasteiger partial charge on any atom is -0.391 e. The quantitative estimate of drug-likeness (QED) is 0.852. The lowest BCUT2D eigenvalue weighted by Crippen LogP contribution is -2.40. The van der Waals surface area contributed by atoms with Crippen LogP contribution in [0, 0.1) is 5.92 Å². The van der Waals surface area contributed by atoms with E-state index < -0.39 is 6.10 Å². The second-order valence-electron chi connectivity index (χ2n) is 6.50. The molecule has 0 saturated heterocycles. The topological polar surface area (TPSA) is 83.3 Å².